The van der Waals surface area contributed by atoms with E-state index in [-0.39, 0.29) is 17.8 Å². The fourth-order valence-electron chi connectivity index (χ4n) is 3.11. The molecule has 0 unspecified atom stereocenters. The minimum atomic E-state index is -5.04. The van der Waals surface area contributed by atoms with Crippen LogP contribution >= 0.6 is 0 Å². The number of pyridine rings is 1. The van der Waals surface area contributed by atoms with Gasteiger partial charge in [-0.2, -0.15) is 31.4 Å². The Morgan fingerprint density at radius 1 is 1.17 bits per heavy atom. The summed E-state index contributed by atoms with van der Waals surface area (Å²) in [5, 5.41) is 12.8. The van der Waals surface area contributed by atoms with Crippen LogP contribution in [-0.4, -0.2) is 62.6 Å². The van der Waals surface area contributed by atoms with Crippen LogP contribution in [0.25, 0.3) is 5.82 Å². The number of hydrogen-bond donors (Lipinski definition) is 1. The summed E-state index contributed by atoms with van der Waals surface area (Å²) in [7, 11) is 0. The van der Waals surface area contributed by atoms with Gasteiger partial charge in [-0.3, -0.25) is 4.79 Å². The summed E-state index contributed by atoms with van der Waals surface area (Å²) in [5.74, 6) is -1.52. The van der Waals surface area contributed by atoms with Crippen LogP contribution in [0.2, 0.25) is 0 Å². The zero-order valence-electron chi connectivity index (χ0n) is 15.4. The molecule has 1 aliphatic heterocycles. The van der Waals surface area contributed by atoms with Gasteiger partial charge in [-0.1, -0.05) is 0 Å². The predicted octanol–water partition coefficient (Wildman–Crippen LogP) is 2.53. The van der Waals surface area contributed by atoms with Gasteiger partial charge in [0, 0.05) is 19.3 Å². The Bertz CT molecular complexity index is 910. The van der Waals surface area contributed by atoms with E-state index >= 15 is 0 Å². The number of aliphatic hydroxyl groups excluding tert-OH is 1. The van der Waals surface area contributed by atoms with Crippen molar-refractivity contribution in [1.29, 1.82) is 0 Å². The third-order valence-corrected chi connectivity index (χ3v) is 4.38. The lowest BCUT2D eigenvalue weighted by Gasteiger charge is -2.36. The summed E-state index contributed by atoms with van der Waals surface area (Å²) >= 11 is 0. The number of alkyl halides is 6. The molecule has 0 saturated carbocycles. The Morgan fingerprint density at radius 3 is 2.40 bits per heavy atom. The zero-order valence-corrected chi connectivity index (χ0v) is 15.4. The fourth-order valence-corrected chi connectivity index (χ4v) is 3.11. The highest BCUT2D eigenvalue weighted by atomic mass is 19.4. The largest absolute Gasteiger partial charge is 0.434 e. The lowest BCUT2D eigenvalue weighted by molar-refractivity contribution is -0.143. The minimum Gasteiger partial charge on any atom is -0.394 e. The number of rotatable bonds is 3. The molecule has 0 spiro atoms. The van der Waals surface area contributed by atoms with Crippen molar-refractivity contribution in [3.8, 4) is 5.82 Å². The number of aliphatic hydroxyl groups is 1. The van der Waals surface area contributed by atoms with Crippen LogP contribution in [-0.2, 0) is 17.1 Å². The van der Waals surface area contributed by atoms with E-state index in [1.165, 1.54) is 0 Å². The zero-order chi connectivity index (χ0) is 22.3. The molecule has 30 heavy (non-hydrogen) atoms. The molecule has 0 aliphatic carbocycles. The van der Waals surface area contributed by atoms with E-state index in [1.807, 2.05) is 0 Å². The number of hydrogen-bond acceptors (Lipinski definition) is 5. The maximum atomic E-state index is 13.7. The van der Waals surface area contributed by atoms with Crippen molar-refractivity contribution >= 4 is 5.91 Å². The molecule has 2 atom stereocenters. The number of ether oxygens (including phenoxy) is 1. The highest BCUT2D eigenvalue weighted by Crippen LogP contribution is 2.35. The van der Waals surface area contributed by atoms with Gasteiger partial charge in [-0.05, 0) is 19.1 Å². The Balaban J connectivity index is 1.99. The number of aromatic nitrogens is 3. The molecule has 0 aromatic carbocycles. The van der Waals surface area contributed by atoms with Crippen molar-refractivity contribution in [1.82, 2.24) is 19.7 Å². The molecule has 2 aromatic heterocycles. The number of nitrogens with zero attached hydrogens (tertiary/aromatic N) is 4. The first kappa shape index (κ1) is 22.0. The summed E-state index contributed by atoms with van der Waals surface area (Å²) in [6, 6.07) is 1.30. The maximum Gasteiger partial charge on any atom is 0.434 e. The molecule has 0 bridgehead atoms. The summed E-state index contributed by atoms with van der Waals surface area (Å²) in [6.45, 7) is 1.05. The topological polar surface area (TPSA) is 80.5 Å². The minimum absolute atomic E-state index is 0.00363. The number of amides is 1. The van der Waals surface area contributed by atoms with E-state index in [4.69, 9.17) is 4.74 Å². The molecule has 1 saturated heterocycles. The average Bonchev–Trinajstić information content (AvgIpc) is 3.12. The van der Waals surface area contributed by atoms with Crippen LogP contribution in [0, 0.1) is 0 Å². The average molecular weight is 438 g/mol. The summed E-state index contributed by atoms with van der Waals surface area (Å²) in [4.78, 5) is 17.3. The van der Waals surface area contributed by atoms with Gasteiger partial charge in [0.25, 0.3) is 5.91 Å². The van der Waals surface area contributed by atoms with Gasteiger partial charge in [0.05, 0.1) is 36.1 Å². The van der Waals surface area contributed by atoms with Crippen LogP contribution in [0.15, 0.2) is 24.5 Å². The van der Waals surface area contributed by atoms with Crippen molar-refractivity contribution in [3.05, 3.63) is 41.3 Å². The van der Waals surface area contributed by atoms with E-state index in [0.29, 0.717) is 18.5 Å². The van der Waals surface area contributed by atoms with Crippen LogP contribution < -0.4 is 0 Å². The molecular formula is C17H16F6N4O3. The van der Waals surface area contributed by atoms with Gasteiger partial charge in [0.15, 0.2) is 11.5 Å². The maximum absolute atomic E-state index is 13.7. The lowest BCUT2D eigenvalue weighted by atomic mass is 10.1. The molecular weight excluding hydrogens is 422 g/mol. The standard InChI is InChI=1S/C17H16F6N4O3/c1-9-6-26(7-11(8-28)30-9)15(29)12-5-25-27(14(12)17(21,22)23)13-3-2-10(4-24-13)16(18,19)20/h2-5,9,11,28H,6-8H2,1H3/t9-,11-/m0/s1. The second-order valence-corrected chi connectivity index (χ2v) is 6.68. The molecule has 13 heteroatoms. The van der Waals surface area contributed by atoms with E-state index in [1.54, 1.807) is 6.92 Å². The summed E-state index contributed by atoms with van der Waals surface area (Å²) < 4.78 is 84.9. The van der Waals surface area contributed by atoms with Crippen molar-refractivity contribution in [2.75, 3.05) is 19.7 Å². The van der Waals surface area contributed by atoms with Gasteiger partial charge < -0.3 is 14.7 Å². The molecule has 7 nitrogen and oxygen atoms in total. The lowest BCUT2D eigenvalue weighted by Crippen LogP contribution is -2.50. The molecule has 164 valence electrons. The predicted molar refractivity (Wildman–Crippen MR) is 88.7 cm³/mol. The molecule has 3 rings (SSSR count). The Hall–Kier alpha value is -2.67. The van der Waals surface area contributed by atoms with Crippen LogP contribution in [0.4, 0.5) is 26.3 Å². The smallest absolute Gasteiger partial charge is 0.394 e. The van der Waals surface area contributed by atoms with Crippen molar-refractivity contribution in [2.24, 2.45) is 0 Å². The first-order valence-electron chi connectivity index (χ1n) is 8.66. The van der Waals surface area contributed by atoms with Crippen LogP contribution in [0.5, 0.6) is 0 Å². The summed E-state index contributed by atoms with van der Waals surface area (Å²) in [6.07, 6.45) is -9.94. The molecule has 0 radical (unpaired) electrons. The van der Waals surface area contributed by atoms with E-state index in [0.717, 1.165) is 11.0 Å². The van der Waals surface area contributed by atoms with Gasteiger partial charge in [-0.15, -0.1) is 0 Å². The Labute approximate surface area is 165 Å². The molecule has 1 N–H and O–H groups in total. The SMILES string of the molecule is C[C@H]1CN(C(=O)c2cnn(-c3ccc(C(F)(F)F)cn3)c2C(F)(F)F)C[C@@H](CO)O1. The molecule has 1 amide bonds. The van der Waals surface area contributed by atoms with Gasteiger partial charge in [0.2, 0.25) is 0 Å². The van der Waals surface area contributed by atoms with Crippen molar-refractivity contribution in [2.45, 2.75) is 31.5 Å². The number of carbonyl (C=O) groups excluding carboxylic acids is 1. The first-order valence-corrected chi connectivity index (χ1v) is 8.66. The van der Waals surface area contributed by atoms with Crippen LogP contribution in [0.1, 0.15) is 28.5 Å². The number of carbonyl (C=O) groups is 1. The van der Waals surface area contributed by atoms with Crippen molar-refractivity contribution < 1.29 is 41.0 Å². The van der Waals surface area contributed by atoms with E-state index in [2.05, 4.69) is 10.1 Å². The van der Waals surface area contributed by atoms with E-state index < -0.39 is 59.7 Å². The highest BCUT2D eigenvalue weighted by Gasteiger charge is 2.42. The van der Waals surface area contributed by atoms with Crippen LogP contribution in [0.3, 0.4) is 0 Å². The second kappa shape index (κ2) is 7.87. The monoisotopic (exact) mass is 438 g/mol. The Morgan fingerprint density at radius 2 is 1.87 bits per heavy atom. The molecule has 2 aromatic rings. The second-order valence-electron chi connectivity index (χ2n) is 6.68. The molecule has 1 aliphatic rings. The first-order chi connectivity index (χ1) is 13.9. The number of halogens is 6. The Kier molecular flexibility index (Phi) is 5.78. The normalized spacial score (nSPS) is 20.5. The quantitative estimate of drug-likeness (QED) is 0.746. The molecule has 1 fully saturated rings. The molecule has 3 heterocycles. The van der Waals surface area contributed by atoms with Gasteiger partial charge >= 0.3 is 12.4 Å². The third kappa shape index (κ3) is 4.41. The number of morpholine rings is 1. The van der Waals surface area contributed by atoms with E-state index in [9.17, 15) is 36.2 Å². The van der Waals surface area contributed by atoms with Gasteiger partial charge in [0.1, 0.15) is 0 Å². The fraction of sp³-hybridized carbons (Fsp3) is 0.471. The highest BCUT2D eigenvalue weighted by molar-refractivity contribution is 5.95. The van der Waals surface area contributed by atoms with Gasteiger partial charge in [-0.25, -0.2) is 9.67 Å². The third-order valence-electron chi connectivity index (χ3n) is 4.38. The summed E-state index contributed by atoms with van der Waals surface area (Å²) in [5.41, 5.74) is -3.38. The van der Waals surface area contributed by atoms with Crippen molar-refractivity contribution in [3.63, 3.8) is 0 Å².